The zero-order valence-electron chi connectivity index (χ0n) is 13.2. The lowest BCUT2D eigenvalue weighted by Gasteiger charge is -2.07. The van der Waals surface area contributed by atoms with E-state index in [1.54, 1.807) is 6.20 Å². The maximum Gasteiger partial charge on any atom is 0.255 e. The molecule has 1 amide bonds. The van der Waals surface area contributed by atoms with Gasteiger partial charge in [0.1, 0.15) is 0 Å². The molecule has 0 aliphatic heterocycles. The van der Waals surface area contributed by atoms with Crippen LogP contribution in [0.2, 0.25) is 0 Å². The summed E-state index contributed by atoms with van der Waals surface area (Å²) in [6.45, 7) is 0. The topological polar surface area (TPSA) is 59.8 Å². The molecule has 5 nitrogen and oxygen atoms in total. The molecular formula is C19H14N4OS. The van der Waals surface area contributed by atoms with Crippen LogP contribution in [-0.4, -0.2) is 20.1 Å². The Morgan fingerprint density at radius 2 is 1.68 bits per heavy atom. The number of anilines is 1. The fraction of sp³-hybridized carbons (Fsp3) is 0. The number of hydrogen-bond acceptors (Lipinski definition) is 4. The highest BCUT2D eigenvalue weighted by Crippen LogP contribution is 2.23. The van der Waals surface area contributed by atoms with Crippen LogP contribution < -0.4 is 5.32 Å². The molecule has 0 saturated heterocycles. The highest BCUT2D eigenvalue weighted by Gasteiger charge is 2.07. The van der Waals surface area contributed by atoms with Crippen LogP contribution in [0.5, 0.6) is 0 Å². The minimum atomic E-state index is -0.133. The maximum atomic E-state index is 12.4. The van der Waals surface area contributed by atoms with E-state index >= 15 is 0 Å². The first-order valence-electron chi connectivity index (χ1n) is 7.72. The Labute approximate surface area is 148 Å². The number of carbonyl (C=O) groups is 1. The Kier molecular flexibility index (Phi) is 4.10. The predicted molar refractivity (Wildman–Crippen MR) is 99.1 cm³/mol. The molecule has 0 saturated carbocycles. The third-order valence-electron chi connectivity index (χ3n) is 3.82. The molecule has 0 spiro atoms. The Morgan fingerprint density at radius 3 is 2.32 bits per heavy atom. The van der Waals surface area contributed by atoms with Gasteiger partial charge in [-0.2, -0.15) is 0 Å². The Bertz CT molecular complexity index is 959. The molecule has 0 aliphatic rings. The fourth-order valence-corrected chi connectivity index (χ4v) is 3.03. The lowest BCUT2D eigenvalue weighted by atomic mass is 10.1. The smallest absolute Gasteiger partial charge is 0.255 e. The molecule has 25 heavy (non-hydrogen) atoms. The van der Waals surface area contributed by atoms with Crippen molar-refractivity contribution in [2.45, 2.75) is 0 Å². The summed E-state index contributed by atoms with van der Waals surface area (Å²) in [6, 6.07) is 19.1. The third kappa shape index (κ3) is 3.34. The van der Waals surface area contributed by atoms with Gasteiger partial charge < -0.3 is 9.88 Å². The van der Waals surface area contributed by atoms with Gasteiger partial charge in [-0.25, -0.2) is 0 Å². The van der Waals surface area contributed by atoms with Crippen molar-refractivity contribution in [3.05, 3.63) is 84.8 Å². The first-order valence-corrected chi connectivity index (χ1v) is 8.49. The van der Waals surface area contributed by atoms with E-state index in [9.17, 15) is 4.79 Å². The number of amides is 1. The molecule has 0 radical (unpaired) electrons. The van der Waals surface area contributed by atoms with Crippen LogP contribution in [0.4, 0.5) is 5.69 Å². The van der Waals surface area contributed by atoms with E-state index < -0.39 is 0 Å². The molecule has 2 heterocycles. The van der Waals surface area contributed by atoms with Crippen molar-refractivity contribution in [2.24, 2.45) is 0 Å². The summed E-state index contributed by atoms with van der Waals surface area (Å²) in [4.78, 5) is 13.4. The van der Waals surface area contributed by atoms with E-state index in [4.69, 9.17) is 0 Å². The fourth-order valence-electron chi connectivity index (χ4n) is 2.51. The van der Waals surface area contributed by atoms with Crippen molar-refractivity contribution in [2.75, 3.05) is 5.32 Å². The molecule has 0 bridgehead atoms. The molecule has 2 aromatic carbocycles. The standard InChI is InChI=1S/C19H14N4OS/c24-19(15-5-9-17(10-6-15)23-11-1-2-12-23)21-16-7-3-14(4-8-16)18-13-20-22-25-18/h1-13H,(H,21,24). The quantitative estimate of drug-likeness (QED) is 0.601. The molecule has 122 valence electrons. The van der Waals surface area contributed by atoms with E-state index in [-0.39, 0.29) is 5.91 Å². The molecule has 6 heteroatoms. The van der Waals surface area contributed by atoms with Crippen LogP contribution >= 0.6 is 11.5 Å². The molecular weight excluding hydrogens is 332 g/mol. The van der Waals surface area contributed by atoms with Crippen LogP contribution in [0.25, 0.3) is 16.1 Å². The van der Waals surface area contributed by atoms with Gasteiger partial charge in [-0.3, -0.25) is 4.79 Å². The summed E-state index contributed by atoms with van der Waals surface area (Å²) < 4.78 is 5.85. The van der Waals surface area contributed by atoms with Crippen LogP contribution in [0, 0.1) is 0 Å². The SMILES string of the molecule is O=C(Nc1ccc(-c2cnns2)cc1)c1ccc(-n2cccc2)cc1. The van der Waals surface area contributed by atoms with E-state index in [0.717, 1.165) is 21.8 Å². The molecule has 2 aromatic heterocycles. The molecule has 0 aliphatic carbocycles. The lowest BCUT2D eigenvalue weighted by Crippen LogP contribution is -2.11. The normalized spacial score (nSPS) is 10.6. The number of aromatic nitrogens is 3. The number of nitrogens with zero attached hydrogens (tertiary/aromatic N) is 3. The maximum absolute atomic E-state index is 12.4. The second kappa shape index (κ2) is 6.70. The predicted octanol–water partition coefficient (Wildman–Crippen LogP) is 4.25. The van der Waals surface area contributed by atoms with Crippen LogP contribution in [0.3, 0.4) is 0 Å². The minimum absolute atomic E-state index is 0.133. The van der Waals surface area contributed by atoms with Crippen molar-refractivity contribution < 1.29 is 4.79 Å². The van der Waals surface area contributed by atoms with Gasteiger partial charge in [0.05, 0.1) is 11.1 Å². The van der Waals surface area contributed by atoms with E-state index in [1.807, 2.05) is 77.6 Å². The van der Waals surface area contributed by atoms with E-state index in [1.165, 1.54) is 11.5 Å². The van der Waals surface area contributed by atoms with Gasteiger partial charge in [0, 0.05) is 29.3 Å². The largest absolute Gasteiger partial charge is 0.324 e. The van der Waals surface area contributed by atoms with Crippen molar-refractivity contribution in [1.29, 1.82) is 0 Å². The Hall–Kier alpha value is -3.25. The summed E-state index contributed by atoms with van der Waals surface area (Å²) in [5.41, 5.74) is 3.42. The van der Waals surface area contributed by atoms with Gasteiger partial charge in [-0.15, -0.1) is 5.10 Å². The Morgan fingerprint density at radius 1 is 0.960 bits per heavy atom. The first-order chi connectivity index (χ1) is 12.3. The number of hydrogen-bond donors (Lipinski definition) is 1. The first kappa shape index (κ1) is 15.3. The zero-order valence-corrected chi connectivity index (χ0v) is 14.0. The second-order valence-electron chi connectivity index (χ2n) is 5.45. The monoisotopic (exact) mass is 346 g/mol. The van der Waals surface area contributed by atoms with Gasteiger partial charge in [-0.05, 0) is 65.6 Å². The summed E-state index contributed by atoms with van der Waals surface area (Å²) >= 11 is 1.34. The molecule has 0 unspecified atom stereocenters. The highest BCUT2D eigenvalue weighted by molar-refractivity contribution is 7.09. The third-order valence-corrected chi connectivity index (χ3v) is 4.53. The van der Waals surface area contributed by atoms with Crippen molar-refractivity contribution in [3.63, 3.8) is 0 Å². The highest BCUT2D eigenvalue weighted by atomic mass is 32.1. The molecule has 0 fully saturated rings. The summed E-state index contributed by atoms with van der Waals surface area (Å²) in [6.07, 6.45) is 5.66. The van der Waals surface area contributed by atoms with Gasteiger partial charge in [-0.1, -0.05) is 16.6 Å². The van der Waals surface area contributed by atoms with Crippen LogP contribution in [-0.2, 0) is 0 Å². The zero-order chi connectivity index (χ0) is 17.1. The van der Waals surface area contributed by atoms with Gasteiger partial charge >= 0.3 is 0 Å². The number of nitrogens with one attached hydrogen (secondary N) is 1. The van der Waals surface area contributed by atoms with Gasteiger partial charge in [0.2, 0.25) is 0 Å². The molecule has 1 N–H and O–H groups in total. The van der Waals surface area contributed by atoms with Gasteiger partial charge in [0.15, 0.2) is 0 Å². The molecule has 4 rings (SSSR count). The summed E-state index contributed by atoms with van der Waals surface area (Å²) in [7, 11) is 0. The van der Waals surface area contributed by atoms with E-state index in [2.05, 4.69) is 14.9 Å². The van der Waals surface area contributed by atoms with E-state index in [0.29, 0.717) is 5.56 Å². The number of carbonyl (C=O) groups excluding carboxylic acids is 1. The number of benzene rings is 2. The lowest BCUT2D eigenvalue weighted by molar-refractivity contribution is 0.102. The Balaban J connectivity index is 1.46. The number of rotatable bonds is 4. The molecule has 0 atom stereocenters. The minimum Gasteiger partial charge on any atom is -0.324 e. The van der Waals surface area contributed by atoms with Crippen molar-refractivity contribution in [3.8, 4) is 16.1 Å². The van der Waals surface area contributed by atoms with Crippen molar-refractivity contribution in [1.82, 2.24) is 14.2 Å². The average molecular weight is 346 g/mol. The average Bonchev–Trinajstić information content (AvgIpc) is 3.36. The van der Waals surface area contributed by atoms with Gasteiger partial charge in [0.25, 0.3) is 5.91 Å². The van der Waals surface area contributed by atoms with Crippen LogP contribution in [0.1, 0.15) is 10.4 Å². The summed E-state index contributed by atoms with van der Waals surface area (Å²) in [5.74, 6) is -0.133. The summed E-state index contributed by atoms with van der Waals surface area (Å²) in [5, 5.41) is 6.74. The van der Waals surface area contributed by atoms with Crippen molar-refractivity contribution >= 4 is 23.1 Å². The molecule has 4 aromatic rings. The second-order valence-corrected chi connectivity index (χ2v) is 6.24. The van der Waals surface area contributed by atoms with Crippen LogP contribution in [0.15, 0.2) is 79.3 Å².